The summed E-state index contributed by atoms with van der Waals surface area (Å²) in [7, 11) is 0. The third kappa shape index (κ3) is 7.99. The van der Waals surface area contributed by atoms with Crippen LogP contribution in [0.2, 0.25) is 0 Å². The van der Waals surface area contributed by atoms with Gasteiger partial charge in [0, 0.05) is 24.1 Å². The third-order valence-electron chi connectivity index (χ3n) is 6.75. The number of rotatable bonds is 9. The SMILES string of the molecule is N=C1C=CC2=C(C=C=CN=C2C2=CC[C@H](/C=C/C(=O)C/C=C/c3cccc(OC(F)(F)C(F)F)c3)CCCC2)C1. The highest BCUT2D eigenvalue weighted by Gasteiger charge is 2.43. The molecule has 0 radical (unpaired) electrons. The lowest BCUT2D eigenvalue weighted by atomic mass is 9.85. The molecule has 4 rings (SSSR count). The summed E-state index contributed by atoms with van der Waals surface area (Å²) >= 11 is 0. The molecular weight excluding hydrogens is 520 g/mol. The van der Waals surface area contributed by atoms with E-state index >= 15 is 0 Å². The Labute approximate surface area is 231 Å². The second-order valence-corrected chi connectivity index (χ2v) is 9.83. The van der Waals surface area contributed by atoms with E-state index in [1.807, 2.05) is 24.3 Å². The van der Waals surface area contributed by atoms with E-state index in [1.165, 1.54) is 23.8 Å². The molecule has 0 amide bonds. The number of hydrogen-bond donors (Lipinski definition) is 1. The zero-order valence-electron chi connectivity index (χ0n) is 21.9. The predicted molar refractivity (Wildman–Crippen MR) is 149 cm³/mol. The predicted octanol–water partition coefficient (Wildman–Crippen LogP) is 8.36. The van der Waals surface area contributed by atoms with Gasteiger partial charge in [0.15, 0.2) is 5.78 Å². The van der Waals surface area contributed by atoms with Gasteiger partial charge in [0.2, 0.25) is 0 Å². The van der Waals surface area contributed by atoms with Crippen molar-refractivity contribution in [3.05, 3.63) is 101 Å². The quantitative estimate of drug-likeness (QED) is 0.191. The molecule has 0 saturated carbocycles. The molecule has 1 atom stereocenters. The highest BCUT2D eigenvalue weighted by Crippen LogP contribution is 2.30. The molecular formula is C32H30F4N2O2. The van der Waals surface area contributed by atoms with Crippen LogP contribution in [0.1, 0.15) is 50.5 Å². The minimum atomic E-state index is -4.58. The summed E-state index contributed by atoms with van der Waals surface area (Å²) in [5.74, 6) is -0.283. The first-order chi connectivity index (χ1) is 19.2. The largest absolute Gasteiger partial charge is 0.461 e. The Bertz CT molecular complexity index is 1390. The van der Waals surface area contributed by atoms with Gasteiger partial charge in [-0.15, -0.1) is 5.73 Å². The first-order valence-corrected chi connectivity index (χ1v) is 13.2. The van der Waals surface area contributed by atoms with Crippen LogP contribution in [0.5, 0.6) is 5.75 Å². The normalized spacial score (nSPS) is 19.9. The van der Waals surface area contributed by atoms with Crippen LogP contribution in [-0.2, 0) is 4.79 Å². The molecule has 0 spiro atoms. The fourth-order valence-electron chi connectivity index (χ4n) is 4.71. The van der Waals surface area contributed by atoms with Crippen LogP contribution in [-0.4, -0.2) is 29.7 Å². The summed E-state index contributed by atoms with van der Waals surface area (Å²) in [4.78, 5) is 17.1. The van der Waals surface area contributed by atoms with Gasteiger partial charge < -0.3 is 10.1 Å². The van der Waals surface area contributed by atoms with Crippen LogP contribution in [0.3, 0.4) is 0 Å². The van der Waals surface area contributed by atoms with Gasteiger partial charge in [-0.2, -0.15) is 17.6 Å². The molecule has 1 aromatic carbocycles. The zero-order chi connectivity index (χ0) is 28.5. The van der Waals surface area contributed by atoms with Crippen molar-refractivity contribution in [2.24, 2.45) is 10.9 Å². The van der Waals surface area contributed by atoms with Crippen molar-refractivity contribution in [3.8, 4) is 5.75 Å². The van der Waals surface area contributed by atoms with Crippen molar-refractivity contribution < 1.29 is 27.1 Å². The summed E-state index contributed by atoms with van der Waals surface area (Å²) in [6, 6.07) is 5.39. The number of benzene rings is 1. The molecule has 1 aliphatic heterocycles. The van der Waals surface area contributed by atoms with E-state index in [1.54, 1.807) is 30.5 Å². The molecule has 1 aromatic rings. The Morgan fingerprint density at radius 1 is 1.25 bits per heavy atom. The number of aliphatic imine (C=N–C) groups is 1. The van der Waals surface area contributed by atoms with Gasteiger partial charge >= 0.3 is 12.5 Å². The standard InChI is InChI=1S/C32H30F4N2O2/c33-31(34)32(35,36)40-28-12-4-8-23(20-28)7-3-11-27(39)17-14-22-6-1-2-9-24(15-13-22)30-29-18-16-26(37)21-25(29)10-5-19-38-30/h3-4,7-8,10,12,14-20,22,31,37H,1-2,6,9,11,13,21H2/b7-3+,17-14+,24-15?,37-26?/t22-/m1/s1. The second-order valence-electron chi connectivity index (χ2n) is 9.83. The number of ketones is 1. The number of halogens is 4. The van der Waals surface area contributed by atoms with Crippen molar-refractivity contribution in [3.63, 3.8) is 0 Å². The zero-order valence-corrected chi connectivity index (χ0v) is 21.9. The maximum Gasteiger partial charge on any atom is 0.461 e. The topological polar surface area (TPSA) is 62.5 Å². The second kappa shape index (κ2) is 13.4. The highest BCUT2D eigenvalue weighted by atomic mass is 19.3. The van der Waals surface area contributed by atoms with E-state index in [2.05, 4.69) is 21.5 Å². The summed E-state index contributed by atoms with van der Waals surface area (Å²) in [6.07, 6.45) is 13.1. The van der Waals surface area contributed by atoms with Crippen LogP contribution in [0, 0.1) is 11.3 Å². The van der Waals surface area contributed by atoms with Gasteiger partial charge in [0.1, 0.15) is 5.75 Å². The first-order valence-electron chi connectivity index (χ1n) is 13.2. The smallest absolute Gasteiger partial charge is 0.428 e. The summed E-state index contributed by atoms with van der Waals surface area (Å²) in [5, 5.41) is 7.97. The van der Waals surface area contributed by atoms with Gasteiger partial charge in [0.05, 0.1) is 11.9 Å². The lowest BCUT2D eigenvalue weighted by Crippen LogP contribution is -2.33. The Morgan fingerprint density at radius 2 is 2.10 bits per heavy atom. The average molecular weight is 551 g/mol. The molecule has 40 heavy (non-hydrogen) atoms. The molecule has 1 N–H and O–H groups in total. The maximum absolute atomic E-state index is 13.2. The number of ether oxygens (including phenoxy) is 1. The molecule has 0 unspecified atom stereocenters. The Balaban J connectivity index is 1.35. The number of allylic oxidation sites excluding steroid dienone is 10. The summed E-state index contributed by atoms with van der Waals surface area (Å²) < 4.78 is 55.2. The average Bonchev–Trinajstić information content (AvgIpc) is 3.10. The molecule has 0 aromatic heterocycles. The molecule has 0 fully saturated rings. The van der Waals surface area contributed by atoms with Crippen LogP contribution in [0.25, 0.3) is 6.08 Å². The maximum atomic E-state index is 13.2. The van der Waals surface area contributed by atoms with E-state index in [4.69, 9.17) is 5.41 Å². The monoisotopic (exact) mass is 550 g/mol. The molecule has 0 bridgehead atoms. The number of nitrogens with zero attached hydrogens (tertiary/aromatic N) is 1. The highest BCUT2D eigenvalue weighted by molar-refractivity contribution is 6.17. The summed E-state index contributed by atoms with van der Waals surface area (Å²) in [5.41, 5.74) is 8.27. The van der Waals surface area contributed by atoms with Crippen LogP contribution in [0.15, 0.2) is 100 Å². The van der Waals surface area contributed by atoms with Gasteiger partial charge in [0.25, 0.3) is 0 Å². The number of carbonyl (C=O) groups is 1. The van der Waals surface area contributed by atoms with Crippen molar-refractivity contribution in [1.29, 1.82) is 5.41 Å². The van der Waals surface area contributed by atoms with Gasteiger partial charge in [-0.05, 0) is 78.7 Å². The van der Waals surface area contributed by atoms with E-state index in [0.29, 0.717) is 17.7 Å². The number of alkyl halides is 4. The lowest BCUT2D eigenvalue weighted by molar-refractivity contribution is -0.253. The fraction of sp³-hybridized carbons (Fsp3) is 0.312. The van der Waals surface area contributed by atoms with E-state index < -0.39 is 12.5 Å². The van der Waals surface area contributed by atoms with Crippen molar-refractivity contribution >= 4 is 23.3 Å². The third-order valence-corrected chi connectivity index (χ3v) is 6.75. The fourth-order valence-corrected chi connectivity index (χ4v) is 4.71. The van der Waals surface area contributed by atoms with E-state index in [9.17, 15) is 22.4 Å². The van der Waals surface area contributed by atoms with Crippen molar-refractivity contribution in [2.75, 3.05) is 0 Å². The Morgan fingerprint density at radius 3 is 2.92 bits per heavy atom. The van der Waals surface area contributed by atoms with Crippen LogP contribution >= 0.6 is 0 Å². The number of carbonyl (C=O) groups excluding carboxylic acids is 1. The minimum Gasteiger partial charge on any atom is -0.428 e. The molecule has 208 valence electrons. The molecule has 4 nitrogen and oxygen atoms in total. The molecule has 3 aliphatic rings. The Kier molecular flexibility index (Phi) is 9.67. The van der Waals surface area contributed by atoms with Crippen LogP contribution in [0.4, 0.5) is 17.6 Å². The van der Waals surface area contributed by atoms with Gasteiger partial charge in [-0.1, -0.05) is 48.9 Å². The number of nitrogens with one attached hydrogen (secondary N) is 1. The molecule has 1 heterocycles. The number of hydrogen-bond acceptors (Lipinski definition) is 4. The van der Waals surface area contributed by atoms with E-state index in [-0.39, 0.29) is 23.9 Å². The lowest BCUT2D eigenvalue weighted by Gasteiger charge is -2.20. The Hall–Kier alpha value is -4.03. The molecule has 8 heteroatoms. The molecule has 0 saturated heterocycles. The van der Waals surface area contributed by atoms with Gasteiger partial charge in [-0.3, -0.25) is 4.79 Å². The van der Waals surface area contributed by atoms with Crippen LogP contribution < -0.4 is 4.74 Å². The van der Waals surface area contributed by atoms with E-state index in [0.717, 1.165) is 49.0 Å². The van der Waals surface area contributed by atoms with Gasteiger partial charge in [-0.25, -0.2) is 4.99 Å². The minimum absolute atomic E-state index is 0.104. The first kappa shape index (κ1) is 29.0. The van der Waals surface area contributed by atoms with Crippen molar-refractivity contribution in [2.45, 2.75) is 57.5 Å². The van der Waals surface area contributed by atoms with Crippen molar-refractivity contribution in [1.82, 2.24) is 0 Å². The summed E-state index contributed by atoms with van der Waals surface area (Å²) in [6.45, 7) is 0. The molecule has 2 aliphatic carbocycles.